The van der Waals surface area contributed by atoms with Gasteiger partial charge in [0.15, 0.2) is 10.9 Å². The summed E-state index contributed by atoms with van der Waals surface area (Å²) in [5, 5.41) is 3.85. The van der Waals surface area contributed by atoms with Crippen molar-refractivity contribution in [3.63, 3.8) is 0 Å². The lowest BCUT2D eigenvalue weighted by Crippen LogP contribution is -2.21. The SMILES string of the molecule is COc1cccc(COc2cccc(-c3cccc(NC(N)=S)c3C(=O)c3cc4ccccc4o3)c2)c1. The Morgan fingerprint density at radius 3 is 2.51 bits per heavy atom. The van der Waals surface area contributed by atoms with Gasteiger partial charge in [0.05, 0.1) is 18.4 Å². The van der Waals surface area contributed by atoms with Gasteiger partial charge in [-0.05, 0) is 71.4 Å². The van der Waals surface area contributed by atoms with E-state index in [0.29, 0.717) is 34.8 Å². The first-order chi connectivity index (χ1) is 18.0. The summed E-state index contributed by atoms with van der Waals surface area (Å²) >= 11 is 5.08. The molecule has 7 heteroatoms. The minimum atomic E-state index is -0.284. The van der Waals surface area contributed by atoms with Crippen molar-refractivity contribution in [3.05, 3.63) is 114 Å². The number of carbonyl (C=O) groups excluding carboxylic acids is 1. The van der Waals surface area contributed by atoms with Crippen molar-refractivity contribution >= 4 is 39.8 Å². The number of fused-ring (bicyclic) bond motifs is 1. The molecule has 37 heavy (non-hydrogen) atoms. The van der Waals surface area contributed by atoms with Gasteiger partial charge in [-0.2, -0.15) is 0 Å². The molecule has 0 saturated heterocycles. The van der Waals surface area contributed by atoms with E-state index in [-0.39, 0.29) is 16.7 Å². The van der Waals surface area contributed by atoms with Crippen LogP contribution in [-0.4, -0.2) is 18.0 Å². The number of rotatable bonds is 8. The summed E-state index contributed by atoms with van der Waals surface area (Å²) in [7, 11) is 1.63. The summed E-state index contributed by atoms with van der Waals surface area (Å²) in [4.78, 5) is 13.8. The van der Waals surface area contributed by atoms with E-state index in [4.69, 9.17) is 31.8 Å². The highest BCUT2D eigenvalue weighted by Gasteiger charge is 2.23. The first kappa shape index (κ1) is 24.1. The number of hydrogen-bond acceptors (Lipinski definition) is 5. The van der Waals surface area contributed by atoms with Gasteiger partial charge in [0.2, 0.25) is 5.78 Å². The van der Waals surface area contributed by atoms with Crippen molar-refractivity contribution in [2.75, 3.05) is 12.4 Å². The van der Waals surface area contributed by atoms with Crippen LogP contribution in [0.4, 0.5) is 5.69 Å². The molecule has 0 bridgehead atoms. The standard InChI is InChI=1S/C30H24N2O4S/c1-34-22-10-4-7-19(15-22)18-35-23-11-5-9-20(16-23)24-12-6-13-25(32-30(31)37)28(24)29(33)27-17-21-8-2-3-14-26(21)36-27/h2-17H,18H2,1H3,(H3,31,32,37). The fourth-order valence-electron chi connectivity index (χ4n) is 4.17. The second kappa shape index (κ2) is 10.6. The number of benzene rings is 4. The molecule has 6 nitrogen and oxygen atoms in total. The van der Waals surface area contributed by atoms with Gasteiger partial charge in [-0.15, -0.1) is 0 Å². The molecule has 0 atom stereocenters. The molecule has 5 rings (SSSR count). The monoisotopic (exact) mass is 508 g/mol. The number of anilines is 1. The highest BCUT2D eigenvalue weighted by Crippen LogP contribution is 2.34. The van der Waals surface area contributed by atoms with E-state index >= 15 is 0 Å². The molecule has 4 aromatic carbocycles. The number of nitrogens with two attached hydrogens (primary N) is 1. The lowest BCUT2D eigenvalue weighted by Gasteiger charge is -2.15. The van der Waals surface area contributed by atoms with Crippen molar-refractivity contribution in [1.29, 1.82) is 0 Å². The zero-order valence-corrected chi connectivity index (χ0v) is 20.9. The average Bonchev–Trinajstić information content (AvgIpc) is 3.36. The van der Waals surface area contributed by atoms with Crippen LogP contribution in [0.5, 0.6) is 11.5 Å². The van der Waals surface area contributed by atoms with Crippen LogP contribution >= 0.6 is 12.2 Å². The Morgan fingerprint density at radius 2 is 1.70 bits per heavy atom. The van der Waals surface area contributed by atoms with E-state index in [1.807, 2.05) is 84.9 Å². The van der Waals surface area contributed by atoms with Gasteiger partial charge in [-0.1, -0.05) is 54.6 Å². The lowest BCUT2D eigenvalue weighted by atomic mass is 9.94. The predicted molar refractivity (Wildman–Crippen MR) is 149 cm³/mol. The van der Waals surface area contributed by atoms with Crippen LogP contribution in [0.1, 0.15) is 21.7 Å². The Kier molecular flexibility index (Phi) is 6.87. The maximum absolute atomic E-state index is 13.8. The van der Waals surface area contributed by atoms with Crippen molar-refractivity contribution in [1.82, 2.24) is 0 Å². The number of nitrogens with one attached hydrogen (secondary N) is 1. The summed E-state index contributed by atoms with van der Waals surface area (Å²) in [5.41, 5.74) is 9.79. The van der Waals surface area contributed by atoms with Crippen molar-refractivity contribution < 1.29 is 18.7 Å². The fraction of sp³-hybridized carbons (Fsp3) is 0.0667. The molecule has 0 radical (unpaired) electrons. The van der Waals surface area contributed by atoms with Crippen LogP contribution in [0, 0.1) is 0 Å². The second-order valence-corrected chi connectivity index (χ2v) is 8.80. The molecule has 0 saturated carbocycles. The third-order valence-electron chi connectivity index (χ3n) is 5.88. The summed E-state index contributed by atoms with van der Waals surface area (Å²) in [6.07, 6.45) is 0. The molecular formula is C30H24N2O4S. The maximum atomic E-state index is 13.8. The van der Waals surface area contributed by atoms with Crippen LogP contribution in [0.3, 0.4) is 0 Å². The Balaban J connectivity index is 1.52. The molecule has 0 amide bonds. The van der Waals surface area contributed by atoms with Crippen LogP contribution in [0.25, 0.3) is 22.1 Å². The maximum Gasteiger partial charge on any atom is 0.230 e. The number of furan rings is 1. The minimum absolute atomic E-state index is 0.0613. The molecule has 0 aliphatic rings. The minimum Gasteiger partial charge on any atom is -0.497 e. The van der Waals surface area contributed by atoms with Crippen LogP contribution in [0.15, 0.2) is 101 Å². The number of ketones is 1. The van der Waals surface area contributed by atoms with Gasteiger partial charge in [-0.3, -0.25) is 4.79 Å². The van der Waals surface area contributed by atoms with Gasteiger partial charge < -0.3 is 24.9 Å². The van der Waals surface area contributed by atoms with E-state index < -0.39 is 0 Å². The largest absolute Gasteiger partial charge is 0.497 e. The average molecular weight is 509 g/mol. The molecule has 0 spiro atoms. The van der Waals surface area contributed by atoms with Gasteiger partial charge in [0.1, 0.15) is 23.7 Å². The topological polar surface area (TPSA) is 86.7 Å². The number of para-hydroxylation sites is 1. The summed E-state index contributed by atoms with van der Waals surface area (Å²) in [5.74, 6) is 1.37. The first-order valence-corrected chi connectivity index (χ1v) is 12.0. The van der Waals surface area contributed by atoms with Crippen molar-refractivity contribution in [3.8, 4) is 22.6 Å². The van der Waals surface area contributed by atoms with Crippen LogP contribution in [0.2, 0.25) is 0 Å². The number of methoxy groups -OCH3 is 1. The summed E-state index contributed by atoms with van der Waals surface area (Å²) < 4.78 is 17.2. The summed E-state index contributed by atoms with van der Waals surface area (Å²) in [6.45, 7) is 0.370. The van der Waals surface area contributed by atoms with Gasteiger partial charge in [0, 0.05) is 5.39 Å². The highest BCUT2D eigenvalue weighted by molar-refractivity contribution is 7.80. The molecule has 0 aliphatic heterocycles. The molecule has 0 unspecified atom stereocenters. The quantitative estimate of drug-likeness (QED) is 0.181. The predicted octanol–water partition coefficient (Wildman–Crippen LogP) is 6.57. The summed E-state index contributed by atoms with van der Waals surface area (Å²) in [6, 6.07) is 30.0. The van der Waals surface area contributed by atoms with Crippen LogP contribution in [-0.2, 0) is 6.61 Å². The number of carbonyl (C=O) groups is 1. The van der Waals surface area contributed by atoms with Gasteiger partial charge in [0.25, 0.3) is 0 Å². The number of hydrogen-bond donors (Lipinski definition) is 2. The first-order valence-electron chi connectivity index (χ1n) is 11.6. The van der Waals surface area contributed by atoms with E-state index in [1.54, 1.807) is 19.2 Å². The van der Waals surface area contributed by atoms with Gasteiger partial charge in [-0.25, -0.2) is 0 Å². The zero-order valence-electron chi connectivity index (χ0n) is 20.1. The van der Waals surface area contributed by atoms with E-state index in [1.165, 1.54) is 0 Å². The lowest BCUT2D eigenvalue weighted by molar-refractivity contribution is 0.101. The van der Waals surface area contributed by atoms with E-state index in [0.717, 1.165) is 22.3 Å². The molecule has 0 aliphatic carbocycles. The third kappa shape index (κ3) is 5.32. The molecule has 184 valence electrons. The smallest absolute Gasteiger partial charge is 0.230 e. The molecule has 1 aromatic heterocycles. The van der Waals surface area contributed by atoms with E-state index in [9.17, 15) is 4.79 Å². The Bertz CT molecular complexity index is 1580. The zero-order chi connectivity index (χ0) is 25.8. The number of thiocarbonyl (C=S) groups is 1. The Hall–Kier alpha value is -4.62. The molecular weight excluding hydrogens is 484 g/mol. The Morgan fingerprint density at radius 1 is 0.919 bits per heavy atom. The second-order valence-electron chi connectivity index (χ2n) is 8.36. The van der Waals surface area contributed by atoms with Gasteiger partial charge >= 0.3 is 0 Å². The van der Waals surface area contributed by atoms with Crippen molar-refractivity contribution in [2.24, 2.45) is 5.73 Å². The Labute approximate surface area is 219 Å². The van der Waals surface area contributed by atoms with Crippen molar-refractivity contribution in [2.45, 2.75) is 6.61 Å². The molecule has 1 heterocycles. The molecule has 3 N–H and O–H groups in total. The third-order valence-corrected chi connectivity index (χ3v) is 5.99. The molecule has 0 fully saturated rings. The molecule has 5 aromatic rings. The van der Waals surface area contributed by atoms with Crippen LogP contribution < -0.4 is 20.5 Å². The normalized spacial score (nSPS) is 10.7. The number of ether oxygens (including phenoxy) is 2. The highest BCUT2D eigenvalue weighted by atomic mass is 32.1. The fourth-order valence-corrected chi connectivity index (χ4v) is 4.28. The van der Waals surface area contributed by atoms with E-state index in [2.05, 4.69) is 5.32 Å².